The number of thioether (sulfide) groups is 1. The van der Waals surface area contributed by atoms with E-state index in [0.717, 1.165) is 18.6 Å². The van der Waals surface area contributed by atoms with Gasteiger partial charge in [0.2, 0.25) is 11.8 Å². The average molecular weight is 452 g/mol. The molecular formula is C20H19Cl2N3O3S. The molecule has 0 saturated carbocycles. The summed E-state index contributed by atoms with van der Waals surface area (Å²) in [5.41, 5.74) is 1.69. The summed E-state index contributed by atoms with van der Waals surface area (Å²) in [5, 5.41) is 12.0. The number of carbonyl (C=O) groups excluding carboxylic acids is 1. The fraction of sp³-hybridized carbons (Fsp3) is 0.250. The lowest BCUT2D eigenvalue weighted by Crippen LogP contribution is -2.14. The van der Waals surface area contributed by atoms with Crippen LogP contribution in [0, 0.1) is 0 Å². The van der Waals surface area contributed by atoms with Crippen LogP contribution < -0.4 is 10.1 Å². The number of halogens is 2. The second kappa shape index (κ2) is 10.5. The first-order valence-corrected chi connectivity index (χ1v) is 10.6. The summed E-state index contributed by atoms with van der Waals surface area (Å²) in [6.45, 7) is 0. The van der Waals surface area contributed by atoms with Crippen molar-refractivity contribution in [3.8, 4) is 5.75 Å². The third kappa shape index (κ3) is 6.66. The van der Waals surface area contributed by atoms with Crippen LogP contribution in [0.15, 0.2) is 52.1 Å². The number of anilines is 1. The Labute approximate surface area is 182 Å². The number of amides is 1. The minimum atomic E-state index is -0.238. The van der Waals surface area contributed by atoms with Crippen LogP contribution in [0.3, 0.4) is 0 Å². The molecule has 1 N–H and O–H groups in total. The molecule has 3 rings (SSSR count). The van der Waals surface area contributed by atoms with E-state index in [2.05, 4.69) is 15.5 Å². The van der Waals surface area contributed by atoms with E-state index in [9.17, 15) is 4.79 Å². The molecule has 0 fully saturated rings. The molecule has 152 valence electrons. The Morgan fingerprint density at radius 3 is 2.69 bits per heavy atom. The van der Waals surface area contributed by atoms with Gasteiger partial charge < -0.3 is 14.5 Å². The quantitative estimate of drug-likeness (QED) is 0.445. The van der Waals surface area contributed by atoms with E-state index in [0.29, 0.717) is 33.3 Å². The zero-order chi connectivity index (χ0) is 20.6. The number of methoxy groups -OCH3 is 1. The first-order valence-electron chi connectivity index (χ1n) is 8.86. The van der Waals surface area contributed by atoms with E-state index in [1.807, 2.05) is 24.3 Å². The number of nitrogens with zero attached hydrogens (tertiary/aromatic N) is 2. The molecule has 0 aliphatic rings. The molecule has 9 heteroatoms. The predicted molar refractivity (Wildman–Crippen MR) is 115 cm³/mol. The Morgan fingerprint density at radius 2 is 1.93 bits per heavy atom. The third-order valence-corrected chi connectivity index (χ3v) is 5.38. The van der Waals surface area contributed by atoms with E-state index >= 15 is 0 Å². The van der Waals surface area contributed by atoms with Gasteiger partial charge in [-0.3, -0.25) is 4.79 Å². The summed E-state index contributed by atoms with van der Waals surface area (Å²) in [4.78, 5) is 12.1. The molecule has 0 aliphatic heterocycles. The maximum absolute atomic E-state index is 12.1. The minimum Gasteiger partial charge on any atom is -0.497 e. The number of nitrogens with one attached hydrogen (secondary N) is 1. The van der Waals surface area contributed by atoms with Crippen LogP contribution >= 0.6 is 35.0 Å². The molecule has 6 nitrogen and oxygen atoms in total. The fourth-order valence-corrected chi connectivity index (χ4v) is 3.46. The smallest absolute Gasteiger partial charge is 0.277 e. The molecule has 0 bridgehead atoms. The first-order chi connectivity index (χ1) is 14.0. The van der Waals surface area contributed by atoms with E-state index < -0.39 is 0 Å². The summed E-state index contributed by atoms with van der Waals surface area (Å²) in [5.74, 6) is 1.28. The van der Waals surface area contributed by atoms with E-state index in [1.54, 1.807) is 25.3 Å². The van der Waals surface area contributed by atoms with Crippen molar-refractivity contribution in [2.45, 2.75) is 24.5 Å². The lowest BCUT2D eigenvalue weighted by Gasteiger charge is -2.06. The Balaban J connectivity index is 1.42. The van der Waals surface area contributed by atoms with Gasteiger partial charge in [-0.25, -0.2) is 0 Å². The van der Waals surface area contributed by atoms with Crippen LogP contribution in [0.1, 0.15) is 17.9 Å². The highest BCUT2D eigenvalue weighted by Crippen LogP contribution is 2.26. The van der Waals surface area contributed by atoms with Crippen molar-refractivity contribution >= 4 is 46.6 Å². The molecule has 1 heterocycles. The Kier molecular flexibility index (Phi) is 7.80. The lowest BCUT2D eigenvalue weighted by molar-refractivity contribution is -0.113. The van der Waals surface area contributed by atoms with Crippen molar-refractivity contribution in [2.24, 2.45) is 0 Å². The molecule has 0 unspecified atom stereocenters. The average Bonchev–Trinajstić information content (AvgIpc) is 3.17. The van der Waals surface area contributed by atoms with Crippen LogP contribution in [-0.2, 0) is 17.6 Å². The summed E-state index contributed by atoms with van der Waals surface area (Å²) in [6, 6.07) is 12.8. The first kappa shape index (κ1) is 21.5. The number of rotatable bonds is 9. The monoisotopic (exact) mass is 451 g/mol. The zero-order valence-corrected chi connectivity index (χ0v) is 18.0. The highest BCUT2D eigenvalue weighted by atomic mass is 35.5. The third-order valence-electron chi connectivity index (χ3n) is 3.99. The van der Waals surface area contributed by atoms with Crippen LogP contribution in [0.25, 0.3) is 0 Å². The van der Waals surface area contributed by atoms with Crippen LogP contribution in [0.5, 0.6) is 5.75 Å². The second-order valence-corrected chi connectivity index (χ2v) is 7.89. The SMILES string of the molecule is COc1ccc(CCCc2nnc(SCC(=O)Nc3cc(Cl)ccc3Cl)o2)cc1. The highest BCUT2D eigenvalue weighted by Gasteiger charge is 2.11. The summed E-state index contributed by atoms with van der Waals surface area (Å²) < 4.78 is 10.7. The topological polar surface area (TPSA) is 77.2 Å². The Hall–Kier alpha value is -2.22. The Morgan fingerprint density at radius 1 is 1.14 bits per heavy atom. The number of benzene rings is 2. The van der Waals surface area contributed by atoms with Gasteiger partial charge in [0.1, 0.15) is 5.75 Å². The number of hydrogen-bond donors (Lipinski definition) is 1. The predicted octanol–water partition coefficient (Wildman–Crippen LogP) is 5.29. The molecular weight excluding hydrogens is 433 g/mol. The number of aromatic nitrogens is 2. The minimum absolute atomic E-state index is 0.121. The number of hydrogen-bond acceptors (Lipinski definition) is 6. The molecule has 1 aromatic heterocycles. The van der Waals surface area contributed by atoms with Gasteiger partial charge >= 0.3 is 0 Å². The van der Waals surface area contributed by atoms with Gasteiger partial charge in [0, 0.05) is 11.4 Å². The summed E-state index contributed by atoms with van der Waals surface area (Å²) in [7, 11) is 1.65. The maximum atomic E-state index is 12.1. The van der Waals surface area contributed by atoms with Gasteiger partial charge in [0.15, 0.2) is 0 Å². The molecule has 3 aromatic rings. The van der Waals surface area contributed by atoms with Gasteiger partial charge in [0.25, 0.3) is 5.22 Å². The van der Waals surface area contributed by atoms with Crippen LogP contribution in [0.2, 0.25) is 10.0 Å². The largest absolute Gasteiger partial charge is 0.497 e. The normalized spacial score (nSPS) is 10.7. The fourth-order valence-electron chi connectivity index (χ4n) is 2.54. The molecule has 0 aliphatic carbocycles. The standard InChI is InChI=1S/C20H19Cl2N3O3S/c1-27-15-8-5-13(6-9-15)3-2-4-19-24-25-20(28-19)29-12-18(26)23-17-11-14(21)7-10-16(17)22/h5-11H,2-4,12H2,1H3,(H,23,26). The van der Waals surface area contributed by atoms with Crippen molar-refractivity contribution in [2.75, 3.05) is 18.2 Å². The lowest BCUT2D eigenvalue weighted by atomic mass is 10.1. The van der Waals surface area contributed by atoms with Crippen LogP contribution in [-0.4, -0.2) is 29.0 Å². The van der Waals surface area contributed by atoms with Gasteiger partial charge in [-0.2, -0.15) is 0 Å². The molecule has 0 saturated heterocycles. The van der Waals surface area contributed by atoms with Gasteiger partial charge in [0.05, 0.1) is 23.6 Å². The molecule has 0 radical (unpaired) electrons. The molecule has 2 aromatic carbocycles. The molecule has 1 amide bonds. The number of aryl methyl sites for hydroxylation is 2. The molecule has 0 spiro atoms. The van der Waals surface area contributed by atoms with Crippen molar-refractivity contribution < 1.29 is 13.9 Å². The summed E-state index contributed by atoms with van der Waals surface area (Å²) >= 11 is 13.1. The molecule has 0 atom stereocenters. The van der Waals surface area contributed by atoms with Gasteiger partial charge in [-0.15, -0.1) is 10.2 Å². The van der Waals surface area contributed by atoms with E-state index in [-0.39, 0.29) is 11.7 Å². The number of carbonyl (C=O) groups is 1. The van der Waals surface area contributed by atoms with Gasteiger partial charge in [-0.1, -0.05) is 47.1 Å². The molecule has 29 heavy (non-hydrogen) atoms. The van der Waals surface area contributed by atoms with Crippen molar-refractivity contribution in [3.05, 3.63) is 64.0 Å². The summed E-state index contributed by atoms with van der Waals surface area (Å²) in [6.07, 6.45) is 2.45. The van der Waals surface area contributed by atoms with Gasteiger partial charge in [-0.05, 0) is 48.7 Å². The highest BCUT2D eigenvalue weighted by molar-refractivity contribution is 7.99. The van der Waals surface area contributed by atoms with E-state index in [4.69, 9.17) is 32.4 Å². The van der Waals surface area contributed by atoms with Crippen LogP contribution in [0.4, 0.5) is 5.69 Å². The second-order valence-electron chi connectivity index (χ2n) is 6.12. The van der Waals surface area contributed by atoms with Crippen molar-refractivity contribution in [1.82, 2.24) is 10.2 Å². The Bertz CT molecular complexity index is 964. The van der Waals surface area contributed by atoms with Crippen molar-refractivity contribution in [3.63, 3.8) is 0 Å². The zero-order valence-electron chi connectivity index (χ0n) is 15.7. The van der Waals surface area contributed by atoms with E-state index in [1.165, 1.54) is 17.3 Å². The van der Waals surface area contributed by atoms with Crippen molar-refractivity contribution in [1.29, 1.82) is 0 Å². The number of ether oxygens (including phenoxy) is 1. The maximum Gasteiger partial charge on any atom is 0.277 e.